The highest BCUT2D eigenvalue weighted by Gasteiger charge is 2.10. The summed E-state index contributed by atoms with van der Waals surface area (Å²) in [6.07, 6.45) is 2.87. The maximum atomic E-state index is 13.4. The number of nitrogen functional groups attached to an aromatic ring is 1. The fraction of sp³-hybridized carbons (Fsp3) is 0.462. The molecule has 4 nitrogen and oxygen atoms in total. The average molecular weight is 286 g/mol. The molecule has 0 spiro atoms. The van der Waals surface area contributed by atoms with Gasteiger partial charge in [-0.25, -0.2) is 4.39 Å². The molecular weight excluding hydrogens is 267 g/mol. The third-order valence-corrected chi connectivity index (χ3v) is 3.86. The van der Waals surface area contributed by atoms with Gasteiger partial charge in [0.25, 0.3) is 0 Å². The van der Waals surface area contributed by atoms with Crippen LogP contribution in [0.25, 0.3) is 0 Å². The van der Waals surface area contributed by atoms with E-state index in [0.29, 0.717) is 11.4 Å². The quantitative estimate of drug-likeness (QED) is 0.596. The minimum atomic E-state index is -1.20. The summed E-state index contributed by atoms with van der Waals surface area (Å²) in [5.74, 6) is -0.628. The summed E-state index contributed by atoms with van der Waals surface area (Å²) in [5, 5.41) is 2.39. The molecule has 0 aromatic heterocycles. The van der Waals surface area contributed by atoms with Crippen molar-refractivity contribution in [3.63, 3.8) is 0 Å². The van der Waals surface area contributed by atoms with Crippen LogP contribution in [-0.4, -0.2) is 21.6 Å². The second-order valence-corrected chi connectivity index (χ2v) is 5.86. The molecule has 0 bridgehead atoms. The molecule has 0 aliphatic rings. The fourth-order valence-corrected chi connectivity index (χ4v) is 2.59. The van der Waals surface area contributed by atoms with Crippen LogP contribution in [0.5, 0.6) is 0 Å². The van der Waals surface area contributed by atoms with Gasteiger partial charge in [0.2, 0.25) is 5.91 Å². The zero-order valence-corrected chi connectivity index (χ0v) is 11.8. The van der Waals surface area contributed by atoms with Gasteiger partial charge in [0, 0.05) is 22.2 Å². The predicted octanol–water partition coefficient (Wildman–Crippen LogP) is 2.29. The first-order chi connectivity index (χ1) is 9.02. The molecule has 1 atom stereocenters. The maximum Gasteiger partial charge on any atom is 0.237 e. The average Bonchev–Trinajstić information content (AvgIpc) is 2.34. The van der Waals surface area contributed by atoms with Gasteiger partial charge in [0.05, 0.1) is 5.69 Å². The standard InChI is InChI=1S/C13H19FN2O2S/c1-2-3-4-7-19(18)9-13(17)16-12-8-10(15)5-6-11(12)14/h5-6,8H,2-4,7,9,15H2,1H3,(H,16,17). The van der Waals surface area contributed by atoms with Crippen LogP contribution in [0.1, 0.15) is 26.2 Å². The summed E-state index contributed by atoms with van der Waals surface area (Å²) in [6, 6.07) is 3.93. The number of hydrogen-bond donors (Lipinski definition) is 2. The van der Waals surface area contributed by atoms with E-state index in [-0.39, 0.29) is 11.4 Å². The smallest absolute Gasteiger partial charge is 0.237 e. The first-order valence-electron chi connectivity index (χ1n) is 6.22. The predicted molar refractivity (Wildman–Crippen MR) is 76.8 cm³/mol. The number of carbonyl (C=O) groups is 1. The third-order valence-electron chi connectivity index (χ3n) is 2.53. The molecule has 1 aromatic carbocycles. The van der Waals surface area contributed by atoms with E-state index in [4.69, 9.17) is 5.73 Å². The highest BCUT2D eigenvalue weighted by atomic mass is 32.2. The Bertz CT molecular complexity index is 466. The highest BCUT2D eigenvalue weighted by Crippen LogP contribution is 2.17. The molecule has 0 heterocycles. The van der Waals surface area contributed by atoms with E-state index in [2.05, 4.69) is 12.2 Å². The van der Waals surface area contributed by atoms with Crippen LogP contribution in [0.4, 0.5) is 15.8 Å². The van der Waals surface area contributed by atoms with Crippen molar-refractivity contribution < 1.29 is 13.4 Å². The van der Waals surface area contributed by atoms with Gasteiger partial charge in [0.15, 0.2) is 0 Å². The van der Waals surface area contributed by atoms with E-state index < -0.39 is 22.5 Å². The number of rotatable bonds is 7. The molecule has 1 rings (SSSR count). The van der Waals surface area contributed by atoms with Gasteiger partial charge in [-0.1, -0.05) is 19.8 Å². The zero-order valence-electron chi connectivity index (χ0n) is 10.9. The van der Waals surface area contributed by atoms with Crippen molar-refractivity contribution in [2.45, 2.75) is 26.2 Å². The molecule has 0 fully saturated rings. The van der Waals surface area contributed by atoms with Gasteiger partial charge in [-0.05, 0) is 24.6 Å². The number of hydrogen-bond acceptors (Lipinski definition) is 3. The Morgan fingerprint density at radius 2 is 2.16 bits per heavy atom. The Morgan fingerprint density at radius 1 is 1.42 bits per heavy atom. The number of anilines is 2. The molecule has 0 aliphatic carbocycles. The SMILES string of the molecule is CCCCCS(=O)CC(=O)Nc1cc(N)ccc1F. The first kappa shape index (κ1) is 15.6. The summed E-state index contributed by atoms with van der Waals surface area (Å²) in [4.78, 5) is 11.6. The molecule has 0 saturated carbocycles. The zero-order chi connectivity index (χ0) is 14.3. The van der Waals surface area contributed by atoms with Gasteiger partial charge < -0.3 is 11.1 Å². The molecule has 1 unspecified atom stereocenters. The largest absolute Gasteiger partial charge is 0.399 e. The minimum Gasteiger partial charge on any atom is -0.399 e. The van der Waals surface area contributed by atoms with Crippen molar-refractivity contribution in [2.75, 3.05) is 22.6 Å². The number of halogens is 1. The number of amides is 1. The lowest BCUT2D eigenvalue weighted by molar-refractivity contribution is -0.113. The Labute approximate surface area is 115 Å². The molecule has 0 radical (unpaired) electrons. The number of benzene rings is 1. The number of nitrogens with one attached hydrogen (secondary N) is 1. The number of carbonyl (C=O) groups excluding carboxylic acids is 1. The van der Waals surface area contributed by atoms with Crippen LogP contribution in [0.3, 0.4) is 0 Å². The summed E-state index contributed by atoms with van der Waals surface area (Å²) >= 11 is 0. The summed E-state index contributed by atoms with van der Waals surface area (Å²) in [5.41, 5.74) is 5.89. The Hall–Kier alpha value is -1.43. The second-order valence-electron chi connectivity index (χ2n) is 4.28. The molecule has 1 amide bonds. The molecule has 106 valence electrons. The molecular formula is C13H19FN2O2S. The highest BCUT2D eigenvalue weighted by molar-refractivity contribution is 7.85. The Balaban J connectivity index is 2.46. The van der Waals surface area contributed by atoms with E-state index in [9.17, 15) is 13.4 Å². The van der Waals surface area contributed by atoms with Gasteiger partial charge in [0.1, 0.15) is 11.6 Å². The molecule has 0 saturated heterocycles. The number of nitrogens with two attached hydrogens (primary N) is 1. The lowest BCUT2D eigenvalue weighted by Crippen LogP contribution is -2.21. The van der Waals surface area contributed by atoms with Gasteiger partial charge in [-0.2, -0.15) is 0 Å². The van der Waals surface area contributed by atoms with Crippen LogP contribution < -0.4 is 11.1 Å². The topological polar surface area (TPSA) is 72.2 Å². The maximum absolute atomic E-state index is 13.4. The lowest BCUT2D eigenvalue weighted by Gasteiger charge is -2.07. The Morgan fingerprint density at radius 3 is 2.84 bits per heavy atom. The number of unbranched alkanes of at least 4 members (excludes halogenated alkanes) is 2. The van der Waals surface area contributed by atoms with Crippen LogP contribution in [0.15, 0.2) is 18.2 Å². The molecule has 6 heteroatoms. The molecule has 0 aliphatic heterocycles. The van der Waals surface area contributed by atoms with E-state index in [1.54, 1.807) is 0 Å². The molecule has 3 N–H and O–H groups in total. The summed E-state index contributed by atoms with van der Waals surface area (Å²) < 4.78 is 25.0. The van der Waals surface area contributed by atoms with Crippen molar-refractivity contribution in [3.8, 4) is 0 Å². The van der Waals surface area contributed by atoms with Crippen molar-refractivity contribution in [1.82, 2.24) is 0 Å². The van der Waals surface area contributed by atoms with Crippen molar-refractivity contribution >= 4 is 28.1 Å². The normalized spacial score (nSPS) is 12.1. The minimum absolute atomic E-state index is 0.0237. The van der Waals surface area contributed by atoms with Gasteiger partial charge in [-0.15, -0.1) is 0 Å². The van der Waals surface area contributed by atoms with Crippen molar-refractivity contribution in [3.05, 3.63) is 24.0 Å². The summed E-state index contributed by atoms with van der Waals surface area (Å²) in [6.45, 7) is 2.05. The third kappa shape index (κ3) is 5.83. The Kier molecular flexibility index (Phi) is 6.49. The van der Waals surface area contributed by atoms with Crippen LogP contribution >= 0.6 is 0 Å². The van der Waals surface area contributed by atoms with E-state index in [1.165, 1.54) is 18.2 Å². The van der Waals surface area contributed by atoms with Crippen LogP contribution in [-0.2, 0) is 15.6 Å². The lowest BCUT2D eigenvalue weighted by atomic mass is 10.2. The molecule has 1 aromatic rings. The van der Waals surface area contributed by atoms with Crippen molar-refractivity contribution in [2.24, 2.45) is 0 Å². The van der Waals surface area contributed by atoms with E-state index >= 15 is 0 Å². The second kappa shape index (κ2) is 7.89. The van der Waals surface area contributed by atoms with E-state index in [0.717, 1.165) is 19.3 Å². The monoisotopic (exact) mass is 286 g/mol. The van der Waals surface area contributed by atoms with Crippen LogP contribution in [0, 0.1) is 5.82 Å². The molecule has 19 heavy (non-hydrogen) atoms. The first-order valence-corrected chi connectivity index (χ1v) is 7.71. The van der Waals surface area contributed by atoms with E-state index in [1.807, 2.05) is 0 Å². The van der Waals surface area contributed by atoms with Gasteiger partial charge in [-0.3, -0.25) is 9.00 Å². The fourth-order valence-electron chi connectivity index (χ4n) is 1.56. The van der Waals surface area contributed by atoms with Crippen molar-refractivity contribution in [1.29, 1.82) is 0 Å². The van der Waals surface area contributed by atoms with Crippen LogP contribution in [0.2, 0.25) is 0 Å². The van der Waals surface area contributed by atoms with Gasteiger partial charge >= 0.3 is 0 Å². The summed E-state index contributed by atoms with van der Waals surface area (Å²) in [7, 11) is -1.20.